The second-order valence-corrected chi connectivity index (χ2v) is 9.78. The van der Waals surface area contributed by atoms with Crippen molar-refractivity contribution in [2.75, 3.05) is 20.1 Å². The number of H-pyrrole nitrogens is 1. The molecule has 2 N–H and O–H groups in total. The van der Waals surface area contributed by atoms with Gasteiger partial charge in [0.25, 0.3) is 5.91 Å². The minimum atomic E-state index is -5.08. The summed E-state index contributed by atoms with van der Waals surface area (Å²) in [4.78, 5) is 26.3. The Morgan fingerprint density at radius 3 is 2.37 bits per heavy atom. The van der Waals surface area contributed by atoms with Crippen molar-refractivity contribution >= 4 is 22.8 Å². The SMILES string of the molecule is CN1CCC[C@H](N(Cc2cc(-c3ccc4[nH]ncc4c3)ccc2F)C(=O)c2ccc(F)cc2)C1.O=C(O)C(F)(F)F. The molecule has 4 aromatic rings. The monoisotopic (exact) mass is 574 g/mol. The van der Waals surface area contributed by atoms with Gasteiger partial charge in [-0.25, -0.2) is 13.6 Å². The highest BCUT2D eigenvalue weighted by molar-refractivity contribution is 5.94. The minimum absolute atomic E-state index is 0.0540. The summed E-state index contributed by atoms with van der Waals surface area (Å²) in [5, 5.41) is 15.1. The van der Waals surface area contributed by atoms with Crippen LogP contribution in [-0.2, 0) is 11.3 Å². The Bertz CT molecular complexity index is 1520. The molecule has 7 nitrogen and oxygen atoms in total. The van der Waals surface area contributed by atoms with Crippen molar-refractivity contribution in [3.63, 3.8) is 0 Å². The zero-order chi connectivity index (χ0) is 29.7. The minimum Gasteiger partial charge on any atom is -0.475 e. The Labute approximate surface area is 232 Å². The number of aliphatic carboxylic acids is 1. The first-order valence-corrected chi connectivity index (χ1v) is 12.7. The van der Waals surface area contributed by atoms with Crippen molar-refractivity contribution in [3.8, 4) is 11.1 Å². The lowest BCUT2D eigenvalue weighted by Gasteiger charge is -2.38. The van der Waals surface area contributed by atoms with Crippen LogP contribution >= 0.6 is 0 Å². The van der Waals surface area contributed by atoms with Gasteiger partial charge in [-0.15, -0.1) is 0 Å². The standard InChI is InChI=1S/C27H26F2N4O.C2HF3O2/c1-32-12-2-3-24(17-32)33(27(34)18-4-8-23(28)9-5-18)16-22-14-19(6-10-25(22)29)20-7-11-26-21(13-20)15-30-31-26;3-2(4,5)1(6)7/h4-11,13-15,24H,2-3,12,16-17H2,1H3,(H,30,31);(H,6,7)/t24-;/m0./s1. The molecule has 41 heavy (non-hydrogen) atoms. The number of nitrogens with zero attached hydrogens (tertiary/aromatic N) is 3. The Balaban J connectivity index is 0.000000493. The molecule has 1 saturated heterocycles. The van der Waals surface area contributed by atoms with Crippen molar-refractivity contribution in [1.29, 1.82) is 0 Å². The van der Waals surface area contributed by atoms with E-state index in [-0.39, 0.29) is 24.3 Å². The largest absolute Gasteiger partial charge is 0.490 e. The van der Waals surface area contributed by atoms with E-state index in [9.17, 15) is 26.7 Å². The first-order valence-electron chi connectivity index (χ1n) is 12.7. The summed E-state index contributed by atoms with van der Waals surface area (Å²) in [5.41, 5.74) is 3.60. The predicted molar refractivity (Wildman–Crippen MR) is 142 cm³/mol. The number of carbonyl (C=O) groups is 2. The van der Waals surface area contributed by atoms with Crippen LogP contribution in [0.3, 0.4) is 0 Å². The van der Waals surface area contributed by atoms with Gasteiger partial charge in [-0.05, 0) is 86.1 Å². The van der Waals surface area contributed by atoms with E-state index in [2.05, 4.69) is 15.1 Å². The van der Waals surface area contributed by atoms with E-state index < -0.39 is 18.0 Å². The molecule has 1 amide bonds. The number of carbonyl (C=O) groups excluding carboxylic acids is 1. The predicted octanol–water partition coefficient (Wildman–Crippen LogP) is 5.88. The van der Waals surface area contributed by atoms with Crippen LogP contribution in [0, 0.1) is 11.6 Å². The van der Waals surface area contributed by atoms with E-state index >= 15 is 0 Å². The van der Waals surface area contributed by atoms with Crippen molar-refractivity contribution in [3.05, 3.63) is 89.6 Å². The molecule has 216 valence electrons. The number of aromatic nitrogens is 2. The summed E-state index contributed by atoms with van der Waals surface area (Å²) in [5.74, 6) is -3.72. The van der Waals surface area contributed by atoms with Gasteiger partial charge >= 0.3 is 12.1 Å². The molecule has 1 aromatic heterocycles. The van der Waals surface area contributed by atoms with Gasteiger partial charge in [-0.2, -0.15) is 18.3 Å². The third-order valence-electron chi connectivity index (χ3n) is 6.79. The van der Waals surface area contributed by atoms with Gasteiger partial charge in [0, 0.05) is 35.6 Å². The fourth-order valence-electron chi connectivity index (χ4n) is 4.70. The fourth-order valence-corrected chi connectivity index (χ4v) is 4.70. The van der Waals surface area contributed by atoms with Gasteiger partial charge in [0.2, 0.25) is 0 Å². The summed E-state index contributed by atoms with van der Waals surface area (Å²) in [6.07, 6.45) is -1.52. The number of amides is 1. The average molecular weight is 575 g/mol. The number of piperidine rings is 1. The highest BCUT2D eigenvalue weighted by Crippen LogP contribution is 2.28. The zero-order valence-corrected chi connectivity index (χ0v) is 22.0. The Morgan fingerprint density at radius 2 is 1.71 bits per heavy atom. The molecule has 1 fully saturated rings. The Kier molecular flexibility index (Phi) is 9.01. The molecule has 0 unspecified atom stereocenters. The van der Waals surface area contributed by atoms with Gasteiger partial charge in [0.05, 0.1) is 11.7 Å². The number of aromatic amines is 1. The van der Waals surface area contributed by atoms with E-state index in [1.165, 1.54) is 30.3 Å². The zero-order valence-electron chi connectivity index (χ0n) is 22.0. The third kappa shape index (κ3) is 7.46. The molecule has 0 aliphatic carbocycles. The second kappa shape index (κ2) is 12.5. The number of alkyl halides is 3. The fraction of sp³-hybridized carbons (Fsp3) is 0.276. The van der Waals surface area contributed by atoms with E-state index in [1.807, 2.05) is 31.3 Å². The number of likely N-dealkylation sites (N-methyl/N-ethyl adjacent to an activating group) is 1. The highest BCUT2D eigenvalue weighted by atomic mass is 19.4. The van der Waals surface area contributed by atoms with Crippen LogP contribution in [0.1, 0.15) is 28.8 Å². The molecule has 5 rings (SSSR count). The quantitative estimate of drug-likeness (QED) is 0.291. The van der Waals surface area contributed by atoms with Crippen LogP contribution in [0.25, 0.3) is 22.0 Å². The maximum absolute atomic E-state index is 15.0. The Morgan fingerprint density at radius 1 is 1.05 bits per heavy atom. The van der Waals surface area contributed by atoms with Gasteiger partial charge in [-0.3, -0.25) is 9.89 Å². The number of carboxylic acid groups (broad SMARTS) is 1. The number of rotatable bonds is 5. The van der Waals surface area contributed by atoms with Crippen LogP contribution in [0.2, 0.25) is 0 Å². The van der Waals surface area contributed by atoms with Crippen LogP contribution in [0.4, 0.5) is 22.0 Å². The number of hydrogen-bond donors (Lipinski definition) is 2. The lowest BCUT2D eigenvalue weighted by molar-refractivity contribution is -0.192. The second-order valence-electron chi connectivity index (χ2n) is 9.78. The smallest absolute Gasteiger partial charge is 0.475 e. The van der Waals surface area contributed by atoms with Crippen LogP contribution in [0.15, 0.2) is 66.9 Å². The van der Waals surface area contributed by atoms with Gasteiger partial charge in [0.15, 0.2) is 0 Å². The van der Waals surface area contributed by atoms with Crippen molar-refractivity contribution in [2.45, 2.75) is 31.6 Å². The topological polar surface area (TPSA) is 89.5 Å². The summed E-state index contributed by atoms with van der Waals surface area (Å²) in [7, 11) is 2.03. The lowest BCUT2D eigenvalue weighted by atomic mass is 9.99. The molecular formula is C29H27F5N4O3. The first-order chi connectivity index (χ1) is 19.4. The molecule has 1 atom stereocenters. The molecular weight excluding hydrogens is 547 g/mol. The number of hydrogen-bond acceptors (Lipinski definition) is 4. The molecule has 3 aromatic carbocycles. The van der Waals surface area contributed by atoms with Crippen LogP contribution in [-0.4, -0.2) is 69.3 Å². The van der Waals surface area contributed by atoms with Gasteiger partial charge in [-0.1, -0.05) is 12.1 Å². The van der Waals surface area contributed by atoms with Crippen molar-refractivity contribution in [1.82, 2.24) is 20.0 Å². The van der Waals surface area contributed by atoms with E-state index in [0.717, 1.165) is 41.4 Å². The molecule has 1 aliphatic heterocycles. The Hall–Kier alpha value is -4.32. The maximum Gasteiger partial charge on any atom is 0.490 e. The normalized spacial score (nSPS) is 15.7. The lowest BCUT2D eigenvalue weighted by Crippen LogP contribution is -2.48. The number of likely N-dealkylation sites (tertiary alicyclic amines) is 1. The first kappa shape index (κ1) is 29.7. The van der Waals surface area contributed by atoms with Crippen molar-refractivity contribution in [2.24, 2.45) is 0 Å². The number of fused-ring (bicyclic) bond motifs is 1. The summed E-state index contributed by atoms with van der Waals surface area (Å²) < 4.78 is 60.2. The van der Waals surface area contributed by atoms with E-state index in [1.54, 1.807) is 17.2 Å². The molecule has 0 bridgehead atoms. The van der Waals surface area contributed by atoms with Gasteiger partial charge < -0.3 is 14.9 Å². The number of halogens is 5. The number of carboxylic acids is 1. The summed E-state index contributed by atoms with van der Waals surface area (Å²) in [6.45, 7) is 1.82. The molecule has 0 saturated carbocycles. The van der Waals surface area contributed by atoms with E-state index in [4.69, 9.17) is 9.90 Å². The van der Waals surface area contributed by atoms with Gasteiger partial charge in [0.1, 0.15) is 11.6 Å². The molecule has 1 aliphatic rings. The molecule has 0 radical (unpaired) electrons. The summed E-state index contributed by atoms with van der Waals surface area (Å²) >= 11 is 0. The summed E-state index contributed by atoms with van der Waals surface area (Å²) in [6, 6.07) is 16.4. The number of benzene rings is 3. The molecule has 12 heteroatoms. The van der Waals surface area contributed by atoms with E-state index in [0.29, 0.717) is 17.7 Å². The molecule has 2 heterocycles. The third-order valence-corrected chi connectivity index (χ3v) is 6.79. The highest BCUT2D eigenvalue weighted by Gasteiger charge is 2.38. The van der Waals surface area contributed by atoms with Crippen molar-refractivity contribution < 1.29 is 36.6 Å². The maximum atomic E-state index is 15.0. The average Bonchev–Trinajstić information content (AvgIpc) is 3.40. The van der Waals surface area contributed by atoms with Crippen LogP contribution in [0.5, 0.6) is 0 Å². The van der Waals surface area contributed by atoms with Crippen LogP contribution < -0.4 is 0 Å². The number of nitrogens with one attached hydrogen (secondary N) is 1. The molecule has 0 spiro atoms.